The molecule has 0 radical (unpaired) electrons. The van der Waals surface area contributed by atoms with E-state index in [1.54, 1.807) is 84.9 Å². The topological polar surface area (TPSA) is 234 Å². The molecule has 2 saturated heterocycles. The molecule has 2 heterocycles. The first kappa shape index (κ1) is 56.8. The third-order valence-electron chi connectivity index (χ3n) is 12.7. The Morgan fingerprint density at radius 2 is 1.06 bits per heavy atom. The number of aromatic carboxylic acids is 2. The van der Waals surface area contributed by atoms with Crippen LogP contribution in [-0.4, -0.2) is 114 Å². The molecule has 408 valence electrons. The normalized spacial score (nSPS) is 15.2. The van der Waals surface area contributed by atoms with Crippen LogP contribution in [0.1, 0.15) is 56.7 Å². The van der Waals surface area contributed by atoms with Crippen LogP contribution < -0.4 is 40.2 Å². The summed E-state index contributed by atoms with van der Waals surface area (Å²) in [5.74, 6) is -4.09. The van der Waals surface area contributed by atoms with Crippen molar-refractivity contribution < 1.29 is 66.7 Å². The zero-order valence-electron chi connectivity index (χ0n) is 42.7. The van der Waals surface area contributed by atoms with Crippen molar-refractivity contribution in [2.75, 3.05) is 61.8 Å². The van der Waals surface area contributed by atoms with Crippen LogP contribution in [0.3, 0.4) is 0 Å². The molecule has 2 atom stereocenters. The molecule has 6 aromatic rings. The summed E-state index contributed by atoms with van der Waals surface area (Å²) in [5, 5.41) is 29.4. The summed E-state index contributed by atoms with van der Waals surface area (Å²) in [6.45, 7) is 1.94. The number of anilines is 4. The van der Waals surface area contributed by atoms with Gasteiger partial charge in [-0.2, -0.15) is 0 Å². The molecule has 0 unspecified atom stereocenters. The first-order valence-electron chi connectivity index (χ1n) is 24.6. The number of alkyl halides is 2. The van der Waals surface area contributed by atoms with E-state index in [9.17, 15) is 37.5 Å². The number of halogens is 3. The molecule has 6 amide bonds. The number of likely N-dealkylation sites (tertiary alicyclic amines) is 2. The van der Waals surface area contributed by atoms with Gasteiger partial charge in [0.05, 0.1) is 78.9 Å². The van der Waals surface area contributed by atoms with E-state index in [0.29, 0.717) is 69.5 Å². The Balaban J connectivity index is 0.000000226. The SMILES string of the molecule is COc1cc(CC(=O)N2CC(F)(F)C[C@H]2COc2ccc(C(=O)O)cc2)ccc1NC(=O)Nc1ccccc1C.COc1cc(CC(=O)N2CCC[C@H]2COc2ccc(C(=O)O)cc2)ccc1NC(=O)Nc1ccccc1Cl. The summed E-state index contributed by atoms with van der Waals surface area (Å²) in [4.78, 5) is 76.1. The summed E-state index contributed by atoms with van der Waals surface area (Å²) in [6.07, 6.45) is 1.17. The lowest BCUT2D eigenvalue weighted by Gasteiger charge is -2.25. The Kier molecular flexibility index (Phi) is 19.1. The fourth-order valence-corrected chi connectivity index (χ4v) is 8.91. The van der Waals surface area contributed by atoms with Crippen molar-refractivity contribution in [3.63, 3.8) is 0 Å². The number of carboxylic acids is 2. The number of benzene rings is 6. The van der Waals surface area contributed by atoms with Crippen molar-refractivity contribution in [1.29, 1.82) is 0 Å². The number of ether oxygens (including phenoxy) is 4. The highest BCUT2D eigenvalue weighted by Crippen LogP contribution is 2.34. The maximum Gasteiger partial charge on any atom is 0.335 e. The number of nitrogens with one attached hydrogen (secondary N) is 4. The molecule has 0 aliphatic carbocycles. The molecule has 18 nitrogen and oxygen atoms in total. The number of carbonyl (C=O) groups is 6. The van der Waals surface area contributed by atoms with Crippen molar-refractivity contribution in [1.82, 2.24) is 9.80 Å². The molecule has 8 rings (SSSR count). The predicted octanol–water partition coefficient (Wildman–Crippen LogP) is 10.5. The Morgan fingerprint density at radius 1 is 0.603 bits per heavy atom. The van der Waals surface area contributed by atoms with Crippen molar-refractivity contribution >= 4 is 70.2 Å². The highest BCUT2D eigenvalue weighted by molar-refractivity contribution is 6.33. The summed E-state index contributed by atoms with van der Waals surface area (Å²) in [6, 6.07) is 34.1. The van der Waals surface area contributed by atoms with Gasteiger partial charge in [0, 0.05) is 18.7 Å². The first-order valence-corrected chi connectivity index (χ1v) is 25.0. The van der Waals surface area contributed by atoms with Gasteiger partial charge in [-0.25, -0.2) is 28.0 Å². The third-order valence-corrected chi connectivity index (χ3v) is 13.1. The number of nitrogens with zero attached hydrogens (tertiary/aromatic N) is 2. The minimum absolute atomic E-state index is 0.0310. The number of carboxylic acid groups (broad SMARTS) is 2. The Morgan fingerprint density at radius 3 is 1.56 bits per heavy atom. The van der Waals surface area contributed by atoms with Crippen LogP contribution in [0, 0.1) is 6.92 Å². The minimum atomic E-state index is -3.06. The fraction of sp³-hybridized carbons (Fsp3) is 0.263. The molecule has 78 heavy (non-hydrogen) atoms. The number of aryl methyl sites for hydroxylation is 1. The van der Waals surface area contributed by atoms with Gasteiger partial charge in [0.15, 0.2) is 0 Å². The van der Waals surface area contributed by atoms with Crippen molar-refractivity contribution in [2.45, 2.75) is 57.0 Å². The van der Waals surface area contributed by atoms with Crippen LogP contribution in [-0.2, 0) is 22.4 Å². The van der Waals surface area contributed by atoms with Gasteiger partial charge in [-0.05, 0) is 127 Å². The number of hydrogen-bond acceptors (Lipinski definition) is 10. The maximum absolute atomic E-state index is 14.3. The second-order valence-electron chi connectivity index (χ2n) is 18.3. The fourth-order valence-electron chi connectivity index (χ4n) is 8.73. The van der Waals surface area contributed by atoms with E-state index in [2.05, 4.69) is 21.3 Å². The minimum Gasteiger partial charge on any atom is -0.495 e. The molecule has 0 bridgehead atoms. The predicted molar refractivity (Wildman–Crippen MR) is 289 cm³/mol. The lowest BCUT2D eigenvalue weighted by atomic mass is 10.1. The van der Waals surface area contributed by atoms with Gasteiger partial charge in [0.2, 0.25) is 11.8 Å². The second-order valence-corrected chi connectivity index (χ2v) is 18.7. The van der Waals surface area contributed by atoms with Crippen LogP contribution in [0.2, 0.25) is 5.02 Å². The molecular weight excluding hydrogens is 1030 g/mol. The molecule has 6 N–H and O–H groups in total. The van der Waals surface area contributed by atoms with Crippen molar-refractivity contribution in [3.8, 4) is 23.0 Å². The van der Waals surface area contributed by atoms with Gasteiger partial charge in [-0.1, -0.05) is 54.1 Å². The smallest absolute Gasteiger partial charge is 0.335 e. The van der Waals surface area contributed by atoms with Gasteiger partial charge in [0.1, 0.15) is 36.2 Å². The van der Waals surface area contributed by atoms with E-state index >= 15 is 0 Å². The highest BCUT2D eigenvalue weighted by atomic mass is 35.5. The number of para-hydroxylation sites is 2. The van der Waals surface area contributed by atoms with E-state index in [-0.39, 0.29) is 42.5 Å². The lowest BCUT2D eigenvalue weighted by Crippen LogP contribution is -2.40. The van der Waals surface area contributed by atoms with E-state index in [1.807, 2.05) is 24.0 Å². The van der Waals surface area contributed by atoms with Crippen LogP contribution in [0.15, 0.2) is 133 Å². The van der Waals surface area contributed by atoms with Crippen LogP contribution >= 0.6 is 11.6 Å². The third kappa shape index (κ3) is 15.6. The van der Waals surface area contributed by atoms with E-state index in [1.165, 1.54) is 50.6 Å². The summed E-state index contributed by atoms with van der Waals surface area (Å²) < 4.78 is 50.9. The van der Waals surface area contributed by atoms with Crippen molar-refractivity contribution in [2.24, 2.45) is 0 Å². The van der Waals surface area contributed by atoms with Gasteiger partial charge in [-0.3, -0.25) is 9.59 Å². The molecule has 2 aliphatic rings. The molecule has 21 heteroatoms. The highest BCUT2D eigenvalue weighted by Gasteiger charge is 2.47. The maximum atomic E-state index is 14.3. The number of urea groups is 2. The van der Waals surface area contributed by atoms with Gasteiger partial charge >= 0.3 is 24.0 Å². The number of carbonyl (C=O) groups excluding carboxylic acids is 4. The van der Waals surface area contributed by atoms with E-state index in [0.717, 1.165) is 28.9 Å². The average Bonchev–Trinajstić information content (AvgIpc) is 4.04. The van der Waals surface area contributed by atoms with Crippen LogP contribution in [0.5, 0.6) is 23.0 Å². The number of amides is 6. The van der Waals surface area contributed by atoms with Gasteiger partial charge in [-0.15, -0.1) is 0 Å². The standard InChI is InChI=1S/C29H29F2N3O6.C28H28ClN3O6/c1-18-5-3-4-6-23(18)32-28(38)33-24-12-7-19(13-25(24)39-2)14-26(35)34-17-29(30,31)15-21(34)16-40-22-10-8-20(9-11-22)27(36)37;1-37-25-15-18(8-13-24(25)31-28(36)30-23-7-3-2-6-22(23)29)16-26(33)32-14-4-5-20(32)17-38-21-11-9-19(10-12-21)27(34)35/h3-13,21H,14-17H2,1-2H3,(H,36,37)(H2,32,33,38);2-3,6-13,15,20H,4-5,14,16-17H2,1H3,(H,34,35)(H2,30,31,36)/t21-;20-/m00/s1. The molecule has 0 aromatic heterocycles. The Labute approximate surface area is 453 Å². The molecule has 6 aromatic carbocycles. The van der Waals surface area contributed by atoms with Gasteiger partial charge < -0.3 is 60.2 Å². The van der Waals surface area contributed by atoms with E-state index < -0.39 is 54.8 Å². The largest absolute Gasteiger partial charge is 0.495 e. The lowest BCUT2D eigenvalue weighted by molar-refractivity contribution is -0.133. The monoisotopic (exact) mass is 1090 g/mol. The molecule has 0 saturated carbocycles. The molecule has 2 fully saturated rings. The summed E-state index contributed by atoms with van der Waals surface area (Å²) in [7, 11) is 2.91. The Bertz CT molecular complexity index is 3130. The molecule has 0 spiro atoms. The van der Waals surface area contributed by atoms with E-state index in [4.69, 9.17) is 40.8 Å². The quantitative estimate of drug-likeness (QED) is 0.0472. The second kappa shape index (κ2) is 26.2. The Hall–Kier alpha value is -8.91. The molecular formula is C57H57ClF2N6O12. The summed E-state index contributed by atoms with van der Waals surface area (Å²) in [5.41, 5.74) is 4.38. The van der Waals surface area contributed by atoms with Crippen molar-refractivity contribution in [3.05, 3.63) is 166 Å². The number of hydrogen-bond donors (Lipinski definition) is 6. The van der Waals surface area contributed by atoms with Crippen LogP contribution in [0.4, 0.5) is 41.1 Å². The van der Waals surface area contributed by atoms with Crippen LogP contribution in [0.25, 0.3) is 0 Å². The van der Waals surface area contributed by atoms with Gasteiger partial charge in [0.25, 0.3) is 5.92 Å². The average molecular weight is 1090 g/mol. The zero-order chi connectivity index (χ0) is 55.9. The zero-order valence-corrected chi connectivity index (χ0v) is 43.5. The summed E-state index contributed by atoms with van der Waals surface area (Å²) >= 11 is 6.10. The first-order chi connectivity index (χ1) is 37.4. The number of methoxy groups -OCH3 is 2. The number of rotatable bonds is 18. The molecule has 2 aliphatic heterocycles.